The molecule has 3 heteroatoms. The second-order valence-electron chi connectivity index (χ2n) is 4.15. The summed E-state index contributed by atoms with van der Waals surface area (Å²) in [6, 6.07) is 4.14. The Hall–Kier alpha value is -1.09. The summed E-state index contributed by atoms with van der Waals surface area (Å²) in [5.74, 6) is 0.478. The Morgan fingerprint density at radius 1 is 1.43 bits per heavy atom. The van der Waals surface area contributed by atoms with Crippen LogP contribution in [0.5, 0.6) is 0 Å². The number of hydrogen-bond acceptors (Lipinski definition) is 3. The molecule has 3 nitrogen and oxygen atoms in total. The Labute approximate surface area is 84.4 Å². The smallest absolute Gasteiger partial charge is 0.0889 e. The minimum Gasteiger partial charge on any atom is -0.389 e. The van der Waals surface area contributed by atoms with Gasteiger partial charge < -0.3 is 10.0 Å². The Morgan fingerprint density at radius 3 is 2.57 bits per heavy atom. The van der Waals surface area contributed by atoms with Crippen LogP contribution < -0.4 is 4.90 Å². The summed E-state index contributed by atoms with van der Waals surface area (Å²) in [4.78, 5) is 6.51. The van der Waals surface area contributed by atoms with Crippen molar-refractivity contribution in [2.24, 2.45) is 0 Å². The summed E-state index contributed by atoms with van der Waals surface area (Å²) in [7, 11) is 0. The van der Waals surface area contributed by atoms with Gasteiger partial charge in [-0.3, -0.25) is 4.98 Å². The van der Waals surface area contributed by atoms with E-state index >= 15 is 0 Å². The van der Waals surface area contributed by atoms with Gasteiger partial charge in [0.15, 0.2) is 0 Å². The molecule has 76 valence electrons. The quantitative estimate of drug-likeness (QED) is 0.769. The molecule has 0 unspecified atom stereocenters. The first-order valence-electron chi connectivity index (χ1n) is 5.06. The van der Waals surface area contributed by atoms with Gasteiger partial charge in [-0.05, 0) is 18.1 Å². The number of hydrogen-bond donors (Lipinski definition) is 1. The number of aromatic nitrogens is 1. The van der Waals surface area contributed by atoms with Crippen LogP contribution in [-0.2, 0) is 0 Å². The van der Waals surface area contributed by atoms with Gasteiger partial charge in [0.1, 0.15) is 0 Å². The third kappa shape index (κ3) is 1.73. The molecular formula is C11H16N2O. The lowest BCUT2D eigenvalue weighted by Crippen LogP contribution is -2.50. The third-order valence-corrected chi connectivity index (χ3v) is 2.59. The van der Waals surface area contributed by atoms with Crippen molar-refractivity contribution < 1.29 is 5.11 Å². The maximum Gasteiger partial charge on any atom is 0.0889 e. The highest BCUT2D eigenvalue weighted by atomic mass is 16.3. The molecule has 0 aromatic carbocycles. The van der Waals surface area contributed by atoms with Crippen LogP contribution in [-0.4, -0.2) is 29.3 Å². The predicted octanol–water partition coefficient (Wildman–Crippen LogP) is 1.39. The van der Waals surface area contributed by atoms with Gasteiger partial charge in [0.05, 0.1) is 18.0 Å². The zero-order valence-corrected chi connectivity index (χ0v) is 8.64. The van der Waals surface area contributed by atoms with Gasteiger partial charge in [-0.2, -0.15) is 0 Å². The van der Waals surface area contributed by atoms with Crippen LogP contribution >= 0.6 is 0 Å². The van der Waals surface area contributed by atoms with E-state index in [2.05, 4.69) is 35.9 Å². The van der Waals surface area contributed by atoms with Crippen molar-refractivity contribution in [2.75, 3.05) is 18.0 Å². The van der Waals surface area contributed by atoms with Crippen LogP contribution in [0.4, 0.5) is 5.69 Å². The Morgan fingerprint density at radius 2 is 2.14 bits per heavy atom. The first-order chi connectivity index (χ1) is 6.66. The van der Waals surface area contributed by atoms with E-state index in [1.54, 1.807) is 0 Å². The molecule has 1 aliphatic rings. The molecule has 0 bridgehead atoms. The van der Waals surface area contributed by atoms with Crippen molar-refractivity contribution >= 4 is 5.69 Å². The molecule has 0 spiro atoms. The monoisotopic (exact) mass is 192 g/mol. The van der Waals surface area contributed by atoms with E-state index in [1.807, 2.05) is 6.20 Å². The molecule has 1 aliphatic heterocycles. The number of β-amino-alcohol motifs (C(OH)–C–C–N with tert-alkyl or cyclic N) is 1. The van der Waals surface area contributed by atoms with Crippen molar-refractivity contribution in [3.8, 4) is 0 Å². The van der Waals surface area contributed by atoms with Gasteiger partial charge in [0.2, 0.25) is 0 Å². The number of rotatable bonds is 2. The number of anilines is 1. The fraction of sp³-hybridized carbons (Fsp3) is 0.545. The molecule has 1 fully saturated rings. The van der Waals surface area contributed by atoms with Crippen molar-refractivity contribution in [3.05, 3.63) is 24.0 Å². The normalized spacial score (nSPS) is 17.3. The zero-order chi connectivity index (χ0) is 10.1. The molecule has 2 rings (SSSR count). The van der Waals surface area contributed by atoms with E-state index in [-0.39, 0.29) is 6.10 Å². The molecular weight excluding hydrogens is 176 g/mol. The van der Waals surface area contributed by atoms with Crippen molar-refractivity contribution in [1.82, 2.24) is 4.98 Å². The first kappa shape index (κ1) is 9.46. The number of nitrogens with zero attached hydrogens (tertiary/aromatic N) is 2. The highest BCUT2D eigenvalue weighted by Gasteiger charge is 2.24. The summed E-state index contributed by atoms with van der Waals surface area (Å²) in [6.07, 6.45) is 1.74. The number of aliphatic hydroxyl groups excluding tert-OH is 1. The van der Waals surface area contributed by atoms with E-state index in [4.69, 9.17) is 5.11 Å². The molecule has 0 aliphatic carbocycles. The summed E-state index contributed by atoms with van der Waals surface area (Å²) in [5.41, 5.74) is 2.23. The molecule has 0 saturated carbocycles. The fourth-order valence-electron chi connectivity index (χ4n) is 1.59. The lowest BCUT2D eigenvalue weighted by Gasteiger charge is -2.37. The van der Waals surface area contributed by atoms with Crippen LogP contribution in [0.1, 0.15) is 25.5 Å². The SMILES string of the molecule is CC(C)c1ccc(N2CC(O)C2)cn1. The van der Waals surface area contributed by atoms with Gasteiger partial charge in [0, 0.05) is 18.8 Å². The van der Waals surface area contributed by atoms with E-state index in [0.717, 1.165) is 24.5 Å². The van der Waals surface area contributed by atoms with Crippen molar-refractivity contribution in [1.29, 1.82) is 0 Å². The van der Waals surface area contributed by atoms with Gasteiger partial charge >= 0.3 is 0 Å². The maximum absolute atomic E-state index is 9.16. The largest absolute Gasteiger partial charge is 0.389 e. The Kier molecular flexibility index (Phi) is 2.42. The average Bonchev–Trinajstić information content (AvgIpc) is 2.13. The minimum atomic E-state index is -0.153. The zero-order valence-electron chi connectivity index (χ0n) is 8.64. The molecule has 1 aromatic heterocycles. The van der Waals surface area contributed by atoms with Crippen LogP contribution in [0.25, 0.3) is 0 Å². The molecule has 1 N–H and O–H groups in total. The fourth-order valence-corrected chi connectivity index (χ4v) is 1.59. The van der Waals surface area contributed by atoms with Gasteiger partial charge in [-0.25, -0.2) is 0 Å². The van der Waals surface area contributed by atoms with E-state index in [1.165, 1.54) is 0 Å². The highest BCUT2D eigenvalue weighted by molar-refractivity contribution is 5.47. The van der Waals surface area contributed by atoms with E-state index in [9.17, 15) is 0 Å². The van der Waals surface area contributed by atoms with Crippen molar-refractivity contribution in [3.63, 3.8) is 0 Å². The van der Waals surface area contributed by atoms with Gasteiger partial charge in [-0.1, -0.05) is 13.8 Å². The summed E-state index contributed by atoms with van der Waals surface area (Å²) >= 11 is 0. The average molecular weight is 192 g/mol. The lowest BCUT2D eigenvalue weighted by molar-refractivity contribution is 0.142. The summed E-state index contributed by atoms with van der Waals surface area (Å²) in [6.45, 7) is 5.75. The predicted molar refractivity (Wildman–Crippen MR) is 56.5 cm³/mol. The van der Waals surface area contributed by atoms with Crippen LogP contribution in [0.3, 0.4) is 0 Å². The second kappa shape index (κ2) is 3.58. The van der Waals surface area contributed by atoms with Crippen molar-refractivity contribution in [2.45, 2.75) is 25.9 Å². The maximum atomic E-state index is 9.16. The topological polar surface area (TPSA) is 36.4 Å². The molecule has 0 atom stereocenters. The lowest BCUT2D eigenvalue weighted by atomic mass is 10.1. The molecule has 2 heterocycles. The van der Waals surface area contributed by atoms with Crippen LogP contribution in [0.15, 0.2) is 18.3 Å². The highest BCUT2D eigenvalue weighted by Crippen LogP contribution is 2.21. The Bertz CT molecular complexity index is 302. The van der Waals surface area contributed by atoms with Crippen LogP contribution in [0, 0.1) is 0 Å². The number of pyridine rings is 1. The first-order valence-corrected chi connectivity index (χ1v) is 5.06. The van der Waals surface area contributed by atoms with Crippen LogP contribution in [0.2, 0.25) is 0 Å². The minimum absolute atomic E-state index is 0.153. The third-order valence-electron chi connectivity index (χ3n) is 2.59. The van der Waals surface area contributed by atoms with Gasteiger partial charge in [0.25, 0.3) is 0 Å². The van der Waals surface area contributed by atoms with Gasteiger partial charge in [-0.15, -0.1) is 0 Å². The molecule has 0 radical (unpaired) electrons. The second-order valence-corrected chi connectivity index (χ2v) is 4.15. The summed E-state index contributed by atoms with van der Waals surface area (Å²) < 4.78 is 0. The Balaban J connectivity index is 2.07. The molecule has 14 heavy (non-hydrogen) atoms. The molecule has 0 amide bonds. The van der Waals surface area contributed by atoms with E-state index < -0.39 is 0 Å². The molecule has 1 saturated heterocycles. The standard InChI is InChI=1S/C11H16N2O/c1-8(2)11-4-3-9(5-12-11)13-6-10(14)7-13/h3-5,8,10,14H,6-7H2,1-2H3. The number of aliphatic hydroxyl groups is 1. The van der Waals surface area contributed by atoms with E-state index in [0.29, 0.717) is 5.92 Å². The summed E-state index contributed by atoms with van der Waals surface area (Å²) in [5, 5.41) is 9.16. The molecule has 1 aromatic rings.